The first-order valence-electron chi connectivity index (χ1n) is 4.93. The maximum Gasteiger partial charge on any atom is 0.335 e. The minimum atomic E-state index is -1.01. The van der Waals surface area contributed by atoms with Crippen LogP contribution in [0.15, 0.2) is 24.3 Å². The van der Waals surface area contributed by atoms with Crippen LogP contribution >= 0.6 is 11.8 Å². The van der Waals surface area contributed by atoms with Crippen molar-refractivity contribution < 1.29 is 14.7 Å². The van der Waals surface area contributed by atoms with Gasteiger partial charge in [-0.2, -0.15) is 0 Å². The molecule has 0 amide bonds. The van der Waals surface area contributed by atoms with Crippen LogP contribution in [0.3, 0.4) is 0 Å². The number of thioether (sulfide) groups is 1. The molecule has 4 nitrogen and oxygen atoms in total. The lowest BCUT2D eigenvalue weighted by molar-refractivity contribution is -0.109. The largest absolute Gasteiger partial charge is 0.478 e. The second-order valence-electron chi connectivity index (χ2n) is 3.40. The highest BCUT2D eigenvalue weighted by Crippen LogP contribution is 2.14. The summed E-state index contributed by atoms with van der Waals surface area (Å²) in [6, 6.07) is 4.62. The summed E-state index contributed by atoms with van der Waals surface area (Å²) in [7, 11) is 0. The van der Waals surface area contributed by atoms with E-state index in [1.54, 1.807) is 18.2 Å². The van der Waals surface area contributed by atoms with E-state index in [0.29, 0.717) is 17.0 Å². The van der Waals surface area contributed by atoms with Crippen LogP contribution in [0.1, 0.15) is 22.8 Å². The van der Waals surface area contributed by atoms with E-state index in [1.807, 2.05) is 0 Å². The third-order valence-corrected chi connectivity index (χ3v) is 2.68. The lowest BCUT2D eigenvalue weighted by Crippen LogP contribution is -1.98. The number of carboxylic acids is 1. The van der Waals surface area contributed by atoms with E-state index >= 15 is 0 Å². The van der Waals surface area contributed by atoms with Gasteiger partial charge in [0, 0.05) is 18.4 Å². The molecule has 1 aromatic carbocycles. The summed E-state index contributed by atoms with van der Waals surface area (Å²) >= 11 is 1.19. The average Bonchev–Trinajstić information content (AvgIpc) is 2.23. The topological polar surface area (TPSA) is 80.4 Å². The number of hydrogen-bond acceptors (Lipinski definition) is 4. The van der Waals surface area contributed by atoms with Gasteiger partial charge < -0.3 is 10.8 Å². The molecule has 0 spiro atoms. The third kappa shape index (κ3) is 4.74. The number of hydrogen-bond donors (Lipinski definition) is 2. The van der Waals surface area contributed by atoms with E-state index in [9.17, 15) is 9.59 Å². The van der Waals surface area contributed by atoms with Gasteiger partial charge in [-0.25, -0.2) is 4.79 Å². The van der Waals surface area contributed by atoms with Crippen LogP contribution < -0.4 is 5.73 Å². The molecule has 1 rings (SSSR count). The number of nitrogen functional groups attached to an aromatic ring is 1. The molecule has 0 saturated carbocycles. The molecule has 3 N–H and O–H groups in total. The Morgan fingerprint density at radius 1 is 1.41 bits per heavy atom. The molecule has 0 atom stereocenters. The van der Waals surface area contributed by atoms with Gasteiger partial charge in [-0.3, -0.25) is 4.79 Å². The molecule has 0 radical (unpaired) electrons. The van der Waals surface area contributed by atoms with Crippen LogP contribution in [0.5, 0.6) is 0 Å². The standard InChI is InChI=1S/C12H13NO3S/c1-8(14)17-4-2-3-9-5-10(12(15)16)7-11(13)6-9/h2-3,5-7H,4,13H2,1H3,(H,15,16). The highest BCUT2D eigenvalue weighted by molar-refractivity contribution is 8.13. The Balaban J connectivity index is 2.77. The Hall–Kier alpha value is -1.75. The fourth-order valence-corrected chi connectivity index (χ4v) is 1.67. The zero-order chi connectivity index (χ0) is 12.8. The van der Waals surface area contributed by atoms with Crippen molar-refractivity contribution in [2.75, 3.05) is 11.5 Å². The van der Waals surface area contributed by atoms with E-state index < -0.39 is 5.97 Å². The lowest BCUT2D eigenvalue weighted by atomic mass is 10.1. The third-order valence-electron chi connectivity index (χ3n) is 1.92. The van der Waals surface area contributed by atoms with Crippen LogP contribution in [-0.4, -0.2) is 21.9 Å². The van der Waals surface area contributed by atoms with Gasteiger partial charge in [0.05, 0.1) is 5.56 Å². The molecule has 0 aliphatic carbocycles. The van der Waals surface area contributed by atoms with Crippen LogP contribution in [0.2, 0.25) is 0 Å². The molecule has 5 heteroatoms. The fourth-order valence-electron chi connectivity index (χ4n) is 1.25. The molecular formula is C12H13NO3S. The molecular weight excluding hydrogens is 238 g/mol. The maximum absolute atomic E-state index is 10.8. The Morgan fingerprint density at radius 3 is 2.71 bits per heavy atom. The minimum Gasteiger partial charge on any atom is -0.478 e. The summed E-state index contributed by atoms with van der Waals surface area (Å²) in [5.41, 5.74) is 6.87. The minimum absolute atomic E-state index is 0.0495. The number of nitrogens with two attached hydrogens (primary N) is 1. The highest BCUT2D eigenvalue weighted by Gasteiger charge is 2.04. The molecule has 1 aromatic rings. The van der Waals surface area contributed by atoms with Gasteiger partial charge in [-0.05, 0) is 23.8 Å². The predicted octanol–water partition coefficient (Wildman–Crippen LogP) is 2.26. The Morgan fingerprint density at radius 2 is 2.12 bits per heavy atom. The maximum atomic E-state index is 10.8. The monoisotopic (exact) mass is 251 g/mol. The predicted molar refractivity (Wildman–Crippen MR) is 70.0 cm³/mol. The molecule has 0 saturated heterocycles. The lowest BCUT2D eigenvalue weighted by Gasteiger charge is -2.00. The van der Waals surface area contributed by atoms with E-state index in [0.717, 1.165) is 0 Å². The van der Waals surface area contributed by atoms with Crippen molar-refractivity contribution in [1.29, 1.82) is 0 Å². The van der Waals surface area contributed by atoms with Crippen molar-refractivity contribution in [3.63, 3.8) is 0 Å². The molecule has 0 heterocycles. The number of carbonyl (C=O) groups excluding carboxylic acids is 1. The molecule has 0 unspecified atom stereocenters. The number of carbonyl (C=O) groups is 2. The molecule has 0 aliphatic rings. The van der Waals surface area contributed by atoms with Gasteiger partial charge in [-0.15, -0.1) is 0 Å². The quantitative estimate of drug-likeness (QED) is 0.802. The van der Waals surface area contributed by atoms with Gasteiger partial charge in [0.15, 0.2) is 5.12 Å². The second kappa shape index (κ2) is 6.10. The van der Waals surface area contributed by atoms with Crippen molar-refractivity contribution >= 4 is 34.6 Å². The van der Waals surface area contributed by atoms with Gasteiger partial charge in [0.25, 0.3) is 0 Å². The summed E-state index contributed by atoms with van der Waals surface area (Å²) < 4.78 is 0. The van der Waals surface area contributed by atoms with Crippen LogP contribution in [-0.2, 0) is 4.79 Å². The highest BCUT2D eigenvalue weighted by atomic mass is 32.2. The number of rotatable bonds is 4. The Labute approximate surface area is 104 Å². The number of benzene rings is 1. The zero-order valence-electron chi connectivity index (χ0n) is 9.34. The number of aromatic carboxylic acids is 1. The van der Waals surface area contributed by atoms with Gasteiger partial charge >= 0.3 is 5.97 Å². The van der Waals surface area contributed by atoms with Crippen molar-refractivity contribution in [3.05, 3.63) is 35.4 Å². The SMILES string of the molecule is CC(=O)SCC=Cc1cc(N)cc(C(=O)O)c1. The second-order valence-corrected chi connectivity index (χ2v) is 4.60. The normalized spacial score (nSPS) is 10.6. The molecule has 17 heavy (non-hydrogen) atoms. The zero-order valence-corrected chi connectivity index (χ0v) is 10.2. The van der Waals surface area contributed by atoms with Gasteiger partial charge in [0.2, 0.25) is 0 Å². The smallest absolute Gasteiger partial charge is 0.335 e. The van der Waals surface area contributed by atoms with E-state index in [1.165, 1.54) is 30.8 Å². The van der Waals surface area contributed by atoms with E-state index in [2.05, 4.69) is 0 Å². The van der Waals surface area contributed by atoms with Crippen molar-refractivity contribution in [1.82, 2.24) is 0 Å². The first kappa shape index (κ1) is 13.3. The van der Waals surface area contributed by atoms with Crippen LogP contribution in [0, 0.1) is 0 Å². The average molecular weight is 251 g/mol. The number of carboxylic acid groups (broad SMARTS) is 1. The van der Waals surface area contributed by atoms with E-state index in [4.69, 9.17) is 10.8 Å². The van der Waals surface area contributed by atoms with Gasteiger partial charge in [0.1, 0.15) is 0 Å². The van der Waals surface area contributed by atoms with Gasteiger partial charge in [-0.1, -0.05) is 23.9 Å². The molecule has 90 valence electrons. The fraction of sp³-hybridized carbons (Fsp3) is 0.167. The molecule has 0 bridgehead atoms. The summed E-state index contributed by atoms with van der Waals surface area (Å²) in [4.78, 5) is 21.5. The van der Waals surface area contributed by atoms with E-state index in [-0.39, 0.29) is 10.7 Å². The molecule has 0 aromatic heterocycles. The van der Waals surface area contributed by atoms with Crippen molar-refractivity contribution in [2.45, 2.75) is 6.92 Å². The molecule has 0 aliphatic heterocycles. The van der Waals surface area contributed by atoms with Crippen molar-refractivity contribution in [3.8, 4) is 0 Å². The van der Waals surface area contributed by atoms with Crippen LogP contribution in [0.25, 0.3) is 6.08 Å². The molecule has 0 fully saturated rings. The Kier molecular flexibility index (Phi) is 4.78. The van der Waals surface area contributed by atoms with Crippen LogP contribution in [0.4, 0.5) is 5.69 Å². The summed E-state index contributed by atoms with van der Waals surface area (Å²) in [5.74, 6) is -0.447. The number of anilines is 1. The summed E-state index contributed by atoms with van der Waals surface area (Å²) in [5, 5.41) is 8.90. The first-order chi connectivity index (χ1) is 7.99. The summed E-state index contributed by atoms with van der Waals surface area (Å²) in [6.07, 6.45) is 3.55. The Bertz CT molecular complexity index is 469. The summed E-state index contributed by atoms with van der Waals surface area (Å²) in [6.45, 7) is 1.50. The first-order valence-corrected chi connectivity index (χ1v) is 5.91. The van der Waals surface area contributed by atoms with Crippen molar-refractivity contribution in [2.24, 2.45) is 0 Å².